The van der Waals surface area contributed by atoms with Gasteiger partial charge in [-0.25, -0.2) is 8.42 Å². The molecular formula is C14H16ClNO4S. The van der Waals surface area contributed by atoms with Gasteiger partial charge in [-0.1, -0.05) is 23.4 Å². The highest BCUT2D eigenvalue weighted by atomic mass is 35.5. The van der Waals surface area contributed by atoms with Crippen LogP contribution in [-0.2, 0) is 14.8 Å². The minimum atomic E-state index is -3.55. The molecule has 0 amide bonds. The highest BCUT2D eigenvalue weighted by molar-refractivity contribution is 7.92. The predicted molar refractivity (Wildman–Crippen MR) is 81.8 cm³/mol. The number of hydrogen-bond donors (Lipinski definition) is 2. The lowest BCUT2D eigenvalue weighted by molar-refractivity contribution is 0.127. The summed E-state index contributed by atoms with van der Waals surface area (Å²) in [7, 11) is -3.55. The number of aliphatic hydroxyl groups is 1. The first-order valence-electron chi connectivity index (χ1n) is 6.51. The van der Waals surface area contributed by atoms with Gasteiger partial charge in [0.1, 0.15) is 6.61 Å². The zero-order chi connectivity index (χ0) is 15.3. The van der Waals surface area contributed by atoms with Gasteiger partial charge in [0.25, 0.3) is 0 Å². The van der Waals surface area contributed by atoms with Gasteiger partial charge in [0.2, 0.25) is 10.0 Å². The van der Waals surface area contributed by atoms with Crippen LogP contribution in [0.2, 0.25) is 5.02 Å². The Balaban J connectivity index is 2.18. The fourth-order valence-electron chi connectivity index (χ4n) is 2.07. The number of halogens is 1. The summed E-state index contributed by atoms with van der Waals surface area (Å²) in [6, 6.07) is 4.71. The molecule has 0 radical (unpaired) electrons. The zero-order valence-electron chi connectivity index (χ0n) is 11.3. The van der Waals surface area contributed by atoms with E-state index in [4.69, 9.17) is 21.4 Å². The van der Waals surface area contributed by atoms with Crippen LogP contribution in [0.5, 0.6) is 0 Å². The van der Waals surface area contributed by atoms with Gasteiger partial charge < -0.3 is 9.84 Å². The van der Waals surface area contributed by atoms with Crippen molar-refractivity contribution in [2.75, 3.05) is 23.7 Å². The maximum Gasteiger partial charge on any atom is 0.235 e. The Labute approximate surface area is 129 Å². The van der Waals surface area contributed by atoms with Crippen molar-refractivity contribution >= 4 is 27.3 Å². The topological polar surface area (TPSA) is 75.6 Å². The second kappa shape index (κ2) is 7.14. The second-order valence-corrected chi connectivity index (χ2v) is 6.87. The molecule has 1 aliphatic rings. The normalized spacial score (nSPS) is 18.1. The molecule has 0 aliphatic carbocycles. The van der Waals surface area contributed by atoms with Crippen LogP contribution < -0.4 is 4.72 Å². The fourth-order valence-corrected chi connectivity index (χ4v) is 3.59. The minimum Gasteiger partial charge on any atom is -0.384 e. The van der Waals surface area contributed by atoms with Crippen LogP contribution >= 0.6 is 11.6 Å². The van der Waals surface area contributed by atoms with Crippen molar-refractivity contribution in [1.82, 2.24) is 0 Å². The van der Waals surface area contributed by atoms with Crippen LogP contribution in [-0.4, -0.2) is 38.6 Å². The van der Waals surface area contributed by atoms with Crippen molar-refractivity contribution in [3.05, 3.63) is 28.8 Å². The molecular weight excluding hydrogens is 314 g/mol. The van der Waals surface area contributed by atoms with Crippen molar-refractivity contribution in [2.24, 2.45) is 0 Å². The summed E-state index contributed by atoms with van der Waals surface area (Å²) in [6.45, 7) is 0.301. The lowest BCUT2D eigenvalue weighted by Gasteiger charge is -2.13. The number of nitrogens with one attached hydrogen (secondary N) is 1. The zero-order valence-corrected chi connectivity index (χ0v) is 12.9. The summed E-state index contributed by atoms with van der Waals surface area (Å²) in [5.41, 5.74) is 0.769. The standard InChI is InChI=1S/C14H16ClNO4S/c15-12-6-5-11(3-1-7-17)14(9-12)16-21(18,19)10-13-4-2-8-20-13/h5-6,9,13,16-17H,2,4,7-8,10H2. The van der Waals surface area contributed by atoms with Crippen LogP contribution in [0.3, 0.4) is 0 Å². The van der Waals surface area contributed by atoms with Crippen LogP contribution in [0.4, 0.5) is 5.69 Å². The third-order valence-electron chi connectivity index (χ3n) is 2.98. The third kappa shape index (κ3) is 4.90. The Morgan fingerprint density at radius 2 is 2.29 bits per heavy atom. The minimum absolute atomic E-state index is 0.0909. The van der Waals surface area contributed by atoms with Crippen molar-refractivity contribution in [3.63, 3.8) is 0 Å². The molecule has 114 valence electrons. The van der Waals surface area contributed by atoms with Crippen molar-refractivity contribution in [2.45, 2.75) is 18.9 Å². The van der Waals surface area contributed by atoms with Crippen LogP contribution in [0.25, 0.3) is 0 Å². The molecule has 21 heavy (non-hydrogen) atoms. The predicted octanol–water partition coefficient (Wildman–Crippen LogP) is 1.60. The molecule has 7 heteroatoms. The smallest absolute Gasteiger partial charge is 0.235 e. The number of ether oxygens (including phenoxy) is 1. The van der Waals surface area contributed by atoms with Crippen LogP contribution in [0.1, 0.15) is 18.4 Å². The van der Waals surface area contributed by atoms with Crippen LogP contribution in [0.15, 0.2) is 18.2 Å². The van der Waals surface area contributed by atoms with E-state index in [2.05, 4.69) is 16.6 Å². The lowest BCUT2D eigenvalue weighted by atomic mass is 10.2. The molecule has 1 aromatic carbocycles. The van der Waals surface area contributed by atoms with E-state index in [1.807, 2.05) is 0 Å². The molecule has 1 atom stereocenters. The molecule has 1 aliphatic heterocycles. The second-order valence-electron chi connectivity index (χ2n) is 4.67. The molecule has 1 unspecified atom stereocenters. The first kappa shape index (κ1) is 16.1. The summed E-state index contributed by atoms with van der Waals surface area (Å²) in [6.07, 6.45) is 1.35. The number of aliphatic hydroxyl groups excluding tert-OH is 1. The highest BCUT2D eigenvalue weighted by Gasteiger charge is 2.23. The summed E-state index contributed by atoms with van der Waals surface area (Å²) < 4.78 is 32.1. The maximum absolute atomic E-state index is 12.2. The Hall–Kier alpha value is -1.26. The Bertz CT molecular complexity index is 657. The fraction of sp³-hybridized carbons (Fsp3) is 0.429. The molecule has 0 aromatic heterocycles. The van der Waals surface area contributed by atoms with Gasteiger partial charge in [0.15, 0.2) is 0 Å². The summed E-state index contributed by atoms with van der Waals surface area (Å²) in [5.74, 6) is 5.08. The summed E-state index contributed by atoms with van der Waals surface area (Å²) in [5, 5.41) is 9.14. The Kier molecular flexibility index (Phi) is 5.48. The van der Waals surface area contributed by atoms with E-state index < -0.39 is 10.0 Å². The molecule has 1 fully saturated rings. The van der Waals surface area contributed by atoms with Gasteiger partial charge in [-0.15, -0.1) is 0 Å². The molecule has 5 nitrogen and oxygen atoms in total. The number of sulfonamides is 1. The molecule has 2 rings (SSSR count). The molecule has 1 saturated heterocycles. The van der Waals surface area contributed by atoms with Crippen LogP contribution in [0, 0.1) is 11.8 Å². The van der Waals surface area contributed by atoms with E-state index >= 15 is 0 Å². The average molecular weight is 330 g/mol. The van der Waals surface area contributed by atoms with Crippen molar-refractivity contribution in [3.8, 4) is 11.8 Å². The van der Waals surface area contributed by atoms with E-state index in [-0.39, 0.29) is 18.5 Å². The van der Waals surface area contributed by atoms with Gasteiger partial charge in [-0.3, -0.25) is 4.72 Å². The van der Waals surface area contributed by atoms with Gasteiger partial charge in [0, 0.05) is 17.2 Å². The van der Waals surface area contributed by atoms with E-state index in [9.17, 15) is 8.42 Å². The summed E-state index contributed by atoms with van der Waals surface area (Å²) in [4.78, 5) is 0. The van der Waals surface area contributed by atoms with E-state index in [0.29, 0.717) is 22.9 Å². The summed E-state index contributed by atoms with van der Waals surface area (Å²) >= 11 is 5.89. The quantitative estimate of drug-likeness (QED) is 0.823. The van der Waals surface area contributed by atoms with Gasteiger partial charge in [0.05, 0.1) is 17.5 Å². The number of anilines is 1. The van der Waals surface area contributed by atoms with Crippen molar-refractivity contribution in [1.29, 1.82) is 0 Å². The molecule has 0 spiro atoms. The third-order valence-corrected chi connectivity index (χ3v) is 4.56. The first-order chi connectivity index (χ1) is 10.00. The van der Waals surface area contributed by atoms with Gasteiger partial charge >= 0.3 is 0 Å². The molecule has 1 aromatic rings. The monoisotopic (exact) mass is 329 g/mol. The van der Waals surface area contributed by atoms with Gasteiger partial charge in [-0.2, -0.15) is 0 Å². The van der Waals surface area contributed by atoms with E-state index in [1.165, 1.54) is 6.07 Å². The van der Waals surface area contributed by atoms with E-state index in [1.54, 1.807) is 12.1 Å². The number of rotatable bonds is 4. The first-order valence-corrected chi connectivity index (χ1v) is 8.54. The van der Waals surface area contributed by atoms with Crippen molar-refractivity contribution < 1.29 is 18.3 Å². The van der Waals surface area contributed by atoms with Gasteiger partial charge in [-0.05, 0) is 31.0 Å². The average Bonchev–Trinajstić information content (AvgIpc) is 2.89. The highest BCUT2D eigenvalue weighted by Crippen LogP contribution is 2.23. The Morgan fingerprint density at radius 1 is 1.48 bits per heavy atom. The molecule has 0 saturated carbocycles. The molecule has 1 heterocycles. The largest absolute Gasteiger partial charge is 0.384 e. The Morgan fingerprint density at radius 3 is 2.95 bits per heavy atom. The lowest BCUT2D eigenvalue weighted by Crippen LogP contribution is -2.26. The maximum atomic E-state index is 12.2. The SMILES string of the molecule is O=S(=O)(CC1CCCO1)Nc1cc(Cl)ccc1C#CCO. The number of hydrogen-bond acceptors (Lipinski definition) is 4. The molecule has 2 N–H and O–H groups in total. The molecule has 0 bridgehead atoms. The number of benzene rings is 1. The van der Waals surface area contributed by atoms with E-state index in [0.717, 1.165) is 12.8 Å².